The number of methoxy groups -OCH3 is 3. The minimum atomic E-state index is -0.677. The number of hydrogen-bond donors (Lipinski definition) is 4. The molecule has 0 saturated heterocycles. The van der Waals surface area contributed by atoms with E-state index in [2.05, 4.69) is 25.9 Å². The number of carbonyl (C=O) groups excluding carboxylic acids is 2. The first-order valence-electron chi connectivity index (χ1n) is 15.0. The van der Waals surface area contributed by atoms with Gasteiger partial charge in [0.15, 0.2) is 11.5 Å². The van der Waals surface area contributed by atoms with E-state index < -0.39 is 12.1 Å². The molecule has 2 amide bonds. The highest BCUT2D eigenvalue weighted by Crippen LogP contribution is 2.50. The largest absolute Gasteiger partial charge is 0.493 e. The molecule has 4 aromatic rings. The fourth-order valence-electron chi connectivity index (χ4n) is 5.90. The summed E-state index contributed by atoms with van der Waals surface area (Å²) in [5.41, 5.74) is 4.72. The van der Waals surface area contributed by atoms with E-state index in [1.165, 1.54) is 6.92 Å². The topological polar surface area (TPSA) is 144 Å². The third-order valence-corrected chi connectivity index (χ3v) is 8.69. The van der Waals surface area contributed by atoms with Crippen LogP contribution in [0.4, 0.5) is 5.69 Å². The van der Waals surface area contributed by atoms with Gasteiger partial charge in [-0.15, -0.1) is 0 Å². The molecule has 2 atom stereocenters. The average Bonchev–Trinajstić information content (AvgIpc) is 3.34. The molecule has 5 rings (SSSR count). The Morgan fingerprint density at radius 1 is 1.07 bits per heavy atom. The summed E-state index contributed by atoms with van der Waals surface area (Å²) in [5.74, 6) is 2.31. The average molecular weight is 646 g/mol. The molecule has 4 N–H and O–H groups in total. The van der Waals surface area contributed by atoms with Crippen LogP contribution in [0.25, 0.3) is 22.2 Å². The van der Waals surface area contributed by atoms with Crippen LogP contribution in [0, 0.1) is 0 Å². The fraction of sp³-hybridized carbons (Fsp3) is 0.353. The lowest BCUT2D eigenvalue weighted by molar-refractivity contribution is -0.122. The Morgan fingerprint density at radius 3 is 2.54 bits per heavy atom. The minimum Gasteiger partial charge on any atom is -0.493 e. The number of amides is 2. The molecular formula is C34H39N5O6S. The second kappa shape index (κ2) is 14.6. The number of aromatic nitrogens is 2. The molecule has 46 heavy (non-hydrogen) atoms. The van der Waals surface area contributed by atoms with Gasteiger partial charge in [0.1, 0.15) is 11.9 Å². The Hall–Kier alpha value is -4.71. The van der Waals surface area contributed by atoms with Gasteiger partial charge in [0.2, 0.25) is 23.0 Å². The first-order chi connectivity index (χ1) is 22.3. The summed E-state index contributed by atoms with van der Waals surface area (Å²) >= 11 is 1.62. The molecule has 12 heteroatoms. The van der Waals surface area contributed by atoms with Gasteiger partial charge in [-0.3, -0.25) is 14.4 Å². The number of aromatic amines is 1. The second-order valence-corrected chi connectivity index (χ2v) is 12.0. The zero-order valence-corrected chi connectivity index (χ0v) is 27.4. The molecule has 1 heterocycles. The van der Waals surface area contributed by atoms with Crippen molar-refractivity contribution in [2.45, 2.75) is 44.8 Å². The SMILES string of the molecule is COc1cc2c(c(OC)c1OC)-c1ccc(N[C@H](CCSC)C(=O)NCc3nc4ccccc4[nH]3)c(=O)cc1[C@H](NC(C)=O)CC2. The number of rotatable bonds is 12. The lowest BCUT2D eigenvalue weighted by Gasteiger charge is -2.19. The number of anilines is 1. The van der Waals surface area contributed by atoms with Crippen molar-refractivity contribution < 1.29 is 23.8 Å². The Morgan fingerprint density at radius 2 is 1.85 bits per heavy atom. The van der Waals surface area contributed by atoms with Crippen molar-refractivity contribution in [3.05, 3.63) is 75.7 Å². The number of fused-ring (bicyclic) bond motifs is 4. The standard InChI is InChI=1S/C34H39N5O6S/c1-19(40)36-23-12-10-20-16-29(43-2)32(44-3)33(45-4)31(20)21-11-13-26(28(41)17-22(21)23)37-27(14-15-46-5)34(42)35-18-30-38-24-8-6-7-9-25(24)39-30/h6-9,11,13,16-17,23,27H,10,12,14-15,18H2,1-5H3,(H,35,42)(H,36,40)(H,37,41)(H,38,39)/t23-,27-/m1/s1. The molecule has 1 aliphatic rings. The summed E-state index contributed by atoms with van der Waals surface area (Å²) in [6, 6.07) is 13.5. The van der Waals surface area contributed by atoms with Gasteiger partial charge in [-0.05, 0) is 78.3 Å². The number of thioether (sulfide) groups is 1. The molecule has 0 unspecified atom stereocenters. The molecule has 0 saturated carbocycles. The fourth-order valence-corrected chi connectivity index (χ4v) is 6.37. The summed E-state index contributed by atoms with van der Waals surface area (Å²) < 4.78 is 17.2. The predicted molar refractivity (Wildman–Crippen MR) is 181 cm³/mol. The number of aryl methyl sites for hydroxylation is 1. The van der Waals surface area contributed by atoms with Crippen molar-refractivity contribution in [3.63, 3.8) is 0 Å². The van der Waals surface area contributed by atoms with Crippen LogP contribution in [0.5, 0.6) is 17.2 Å². The summed E-state index contributed by atoms with van der Waals surface area (Å²) in [4.78, 5) is 47.3. The van der Waals surface area contributed by atoms with Gasteiger partial charge in [-0.25, -0.2) is 4.98 Å². The first-order valence-corrected chi connectivity index (χ1v) is 16.4. The zero-order valence-electron chi connectivity index (χ0n) is 26.6. The smallest absolute Gasteiger partial charge is 0.242 e. The number of nitrogens with zero attached hydrogens (tertiary/aromatic N) is 1. The molecule has 242 valence electrons. The maximum Gasteiger partial charge on any atom is 0.242 e. The van der Waals surface area contributed by atoms with Crippen LogP contribution in [0.1, 0.15) is 42.8 Å². The highest BCUT2D eigenvalue weighted by Gasteiger charge is 2.30. The van der Waals surface area contributed by atoms with Crippen molar-refractivity contribution in [3.8, 4) is 28.4 Å². The number of carbonyl (C=O) groups is 2. The molecule has 0 aliphatic heterocycles. The van der Waals surface area contributed by atoms with Crippen LogP contribution in [0.3, 0.4) is 0 Å². The molecule has 0 bridgehead atoms. The summed E-state index contributed by atoms with van der Waals surface area (Å²) in [6.07, 6.45) is 3.60. The number of ether oxygens (including phenoxy) is 3. The number of imidazole rings is 1. The van der Waals surface area contributed by atoms with Gasteiger partial charge in [0.25, 0.3) is 0 Å². The Labute approximate surface area is 271 Å². The Kier molecular flexibility index (Phi) is 10.4. The molecule has 3 aromatic carbocycles. The highest BCUT2D eigenvalue weighted by atomic mass is 32.2. The monoisotopic (exact) mass is 645 g/mol. The van der Waals surface area contributed by atoms with E-state index >= 15 is 0 Å². The van der Waals surface area contributed by atoms with Crippen LogP contribution < -0.4 is 35.6 Å². The van der Waals surface area contributed by atoms with Crippen molar-refractivity contribution in [1.82, 2.24) is 20.6 Å². The van der Waals surface area contributed by atoms with E-state index in [1.807, 2.05) is 42.7 Å². The third-order valence-electron chi connectivity index (χ3n) is 8.04. The second-order valence-electron chi connectivity index (χ2n) is 11.0. The number of hydrogen-bond acceptors (Lipinski definition) is 9. The Bertz CT molecular complexity index is 1780. The van der Waals surface area contributed by atoms with E-state index in [0.717, 1.165) is 22.2 Å². The number of para-hydroxylation sites is 2. The zero-order chi connectivity index (χ0) is 32.8. The third kappa shape index (κ3) is 6.91. The van der Waals surface area contributed by atoms with Crippen LogP contribution in [0.2, 0.25) is 0 Å². The van der Waals surface area contributed by atoms with Crippen LogP contribution in [0.15, 0.2) is 53.3 Å². The van der Waals surface area contributed by atoms with Crippen molar-refractivity contribution >= 4 is 40.3 Å². The van der Waals surface area contributed by atoms with Crippen molar-refractivity contribution in [1.29, 1.82) is 0 Å². The number of H-pyrrole nitrogens is 1. The maximum absolute atomic E-state index is 13.8. The number of benzene rings is 2. The van der Waals surface area contributed by atoms with Crippen LogP contribution >= 0.6 is 11.8 Å². The predicted octanol–water partition coefficient (Wildman–Crippen LogP) is 4.59. The van der Waals surface area contributed by atoms with Gasteiger partial charge in [-0.2, -0.15) is 11.8 Å². The molecule has 0 radical (unpaired) electrons. The highest BCUT2D eigenvalue weighted by molar-refractivity contribution is 7.98. The van der Waals surface area contributed by atoms with E-state index in [9.17, 15) is 14.4 Å². The minimum absolute atomic E-state index is 0.209. The van der Waals surface area contributed by atoms with Crippen molar-refractivity contribution in [2.75, 3.05) is 38.7 Å². The Balaban J connectivity index is 1.53. The van der Waals surface area contributed by atoms with Crippen molar-refractivity contribution in [2.24, 2.45) is 0 Å². The van der Waals surface area contributed by atoms with E-state index in [1.54, 1.807) is 45.2 Å². The van der Waals surface area contributed by atoms with E-state index in [4.69, 9.17) is 14.2 Å². The number of nitrogens with one attached hydrogen (secondary N) is 4. The van der Waals surface area contributed by atoms with Gasteiger partial charge in [0.05, 0.1) is 50.6 Å². The molecule has 1 aromatic heterocycles. The molecule has 0 fully saturated rings. The van der Waals surface area contributed by atoms with Crippen LogP contribution in [-0.4, -0.2) is 61.2 Å². The van der Waals surface area contributed by atoms with Gasteiger partial charge in [-0.1, -0.05) is 18.2 Å². The molecular weight excluding hydrogens is 606 g/mol. The summed E-state index contributed by atoms with van der Waals surface area (Å²) in [6.45, 7) is 1.67. The molecule has 1 aliphatic carbocycles. The van der Waals surface area contributed by atoms with Crippen LogP contribution in [-0.2, 0) is 22.6 Å². The van der Waals surface area contributed by atoms with E-state index in [0.29, 0.717) is 59.2 Å². The quantitative estimate of drug-likeness (QED) is 0.174. The summed E-state index contributed by atoms with van der Waals surface area (Å²) in [7, 11) is 4.67. The lowest BCUT2D eigenvalue weighted by Crippen LogP contribution is -2.40. The lowest BCUT2D eigenvalue weighted by atomic mass is 9.95. The normalized spacial score (nSPS) is 14.3. The molecule has 11 nitrogen and oxygen atoms in total. The summed E-state index contributed by atoms with van der Waals surface area (Å²) in [5, 5.41) is 9.20. The van der Waals surface area contributed by atoms with E-state index in [-0.39, 0.29) is 29.5 Å². The maximum atomic E-state index is 13.8. The van der Waals surface area contributed by atoms with Gasteiger partial charge in [0, 0.05) is 12.5 Å². The first kappa shape index (κ1) is 32.7. The van der Waals surface area contributed by atoms with Gasteiger partial charge < -0.3 is 35.1 Å². The van der Waals surface area contributed by atoms with Gasteiger partial charge >= 0.3 is 0 Å². The molecule has 0 spiro atoms.